The summed E-state index contributed by atoms with van der Waals surface area (Å²) in [5.74, 6) is 1.09. The van der Waals surface area contributed by atoms with Crippen molar-refractivity contribution in [3.63, 3.8) is 0 Å². The number of hydrogen-bond acceptors (Lipinski definition) is 3. The molecule has 0 spiro atoms. The highest BCUT2D eigenvalue weighted by Crippen LogP contribution is 2.20. The minimum absolute atomic E-state index is 0.192. The molecule has 2 heterocycles. The minimum Gasteiger partial charge on any atom is -0.327 e. The summed E-state index contributed by atoms with van der Waals surface area (Å²) in [5.41, 5.74) is 3.44. The third-order valence-electron chi connectivity index (χ3n) is 3.72. The van der Waals surface area contributed by atoms with Gasteiger partial charge in [0.2, 0.25) is 0 Å². The number of para-hydroxylation sites is 2. The summed E-state index contributed by atoms with van der Waals surface area (Å²) >= 11 is 0. The van der Waals surface area contributed by atoms with E-state index < -0.39 is 0 Å². The topological polar surface area (TPSA) is 42.7 Å². The van der Waals surface area contributed by atoms with E-state index in [-0.39, 0.29) is 6.04 Å². The molecule has 0 aliphatic heterocycles. The zero-order valence-electron chi connectivity index (χ0n) is 12.5. The zero-order valence-corrected chi connectivity index (χ0v) is 12.5. The molecule has 0 saturated carbocycles. The third-order valence-corrected chi connectivity index (χ3v) is 3.72. The first kappa shape index (κ1) is 13.8. The van der Waals surface area contributed by atoms with E-state index in [1.807, 2.05) is 18.3 Å². The molecule has 3 rings (SSSR count). The fourth-order valence-corrected chi connectivity index (χ4v) is 2.62. The first-order valence-electron chi connectivity index (χ1n) is 7.37. The third kappa shape index (κ3) is 2.81. The highest BCUT2D eigenvalue weighted by atomic mass is 15.1. The number of hydrogen-bond donors (Lipinski definition) is 1. The Morgan fingerprint density at radius 2 is 2.05 bits per heavy atom. The van der Waals surface area contributed by atoms with Crippen LogP contribution in [0.15, 0.2) is 48.8 Å². The van der Waals surface area contributed by atoms with Crippen LogP contribution in [0.2, 0.25) is 0 Å². The summed E-state index contributed by atoms with van der Waals surface area (Å²) in [6.07, 6.45) is 3.69. The lowest BCUT2D eigenvalue weighted by Crippen LogP contribution is -2.21. The van der Waals surface area contributed by atoms with Crippen molar-refractivity contribution in [2.45, 2.75) is 33.0 Å². The Balaban J connectivity index is 1.82. The molecule has 0 aliphatic rings. The van der Waals surface area contributed by atoms with Gasteiger partial charge in [-0.15, -0.1) is 0 Å². The summed E-state index contributed by atoms with van der Waals surface area (Å²) in [6, 6.07) is 12.5. The maximum atomic E-state index is 4.78. The fraction of sp³-hybridized carbons (Fsp3) is 0.294. The SMILES string of the molecule is CCn1c(C(C)NCc2cccnc2)nc2ccccc21. The lowest BCUT2D eigenvalue weighted by Gasteiger charge is -2.15. The van der Waals surface area contributed by atoms with E-state index in [0.29, 0.717) is 0 Å². The minimum atomic E-state index is 0.192. The highest BCUT2D eigenvalue weighted by molar-refractivity contribution is 5.76. The van der Waals surface area contributed by atoms with Gasteiger partial charge in [0.15, 0.2) is 0 Å². The molecule has 0 bridgehead atoms. The van der Waals surface area contributed by atoms with Gasteiger partial charge in [-0.2, -0.15) is 0 Å². The van der Waals surface area contributed by atoms with Crippen LogP contribution >= 0.6 is 0 Å². The summed E-state index contributed by atoms with van der Waals surface area (Å²) in [5, 5.41) is 3.53. The normalized spacial score (nSPS) is 12.7. The van der Waals surface area contributed by atoms with Gasteiger partial charge >= 0.3 is 0 Å². The second-order valence-corrected chi connectivity index (χ2v) is 5.17. The molecule has 0 saturated heterocycles. The van der Waals surface area contributed by atoms with Gasteiger partial charge in [-0.1, -0.05) is 18.2 Å². The molecule has 3 aromatic rings. The standard InChI is InChI=1S/C17H20N4/c1-3-21-16-9-5-4-8-15(16)20-17(21)13(2)19-12-14-7-6-10-18-11-14/h4-11,13,19H,3,12H2,1-2H3. The molecule has 108 valence electrons. The molecule has 0 radical (unpaired) electrons. The predicted octanol–water partition coefficient (Wildman–Crippen LogP) is 3.30. The smallest absolute Gasteiger partial charge is 0.126 e. The maximum Gasteiger partial charge on any atom is 0.126 e. The van der Waals surface area contributed by atoms with Crippen LogP contribution in [-0.4, -0.2) is 14.5 Å². The second-order valence-electron chi connectivity index (χ2n) is 5.17. The first-order chi connectivity index (χ1) is 10.3. The zero-order chi connectivity index (χ0) is 14.7. The van der Waals surface area contributed by atoms with Crippen molar-refractivity contribution in [1.82, 2.24) is 19.9 Å². The van der Waals surface area contributed by atoms with Crippen LogP contribution < -0.4 is 5.32 Å². The molecule has 1 unspecified atom stereocenters. The van der Waals surface area contributed by atoms with Crippen LogP contribution in [0.3, 0.4) is 0 Å². The molecule has 1 aromatic carbocycles. The molecular weight excluding hydrogens is 260 g/mol. The Labute approximate surface area is 124 Å². The van der Waals surface area contributed by atoms with Crippen LogP contribution in [0, 0.1) is 0 Å². The van der Waals surface area contributed by atoms with E-state index >= 15 is 0 Å². The molecule has 1 atom stereocenters. The molecular formula is C17H20N4. The van der Waals surface area contributed by atoms with Crippen LogP contribution in [0.1, 0.15) is 31.3 Å². The van der Waals surface area contributed by atoms with E-state index in [1.165, 1.54) is 11.1 Å². The number of aromatic nitrogens is 3. The summed E-state index contributed by atoms with van der Waals surface area (Å²) < 4.78 is 2.27. The first-order valence-corrected chi connectivity index (χ1v) is 7.37. The van der Waals surface area contributed by atoms with Gasteiger partial charge in [-0.05, 0) is 37.6 Å². The Morgan fingerprint density at radius 1 is 1.19 bits per heavy atom. The average Bonchev–Trinajstić information content (AvgIpc) is 2.92. The number of imidazole rings is 1. The van der Waals surface area contributed by atoms with Gasteiger partial charge in [0.25, 0.3) is 0 Å². The van der Waals surface area contributed by atoms with Crippen molar-refractivity contribution in [3.8, 4) is 0 Å². The Morgan fingerprint density at radius 3 is 2.81 bits per heavy atom. The number of rotatable bonds is 5. The average molecular weight is 280 g/mol. The maximum absolute atomic E-state index is 4.78. The van der Waals surface area contributed by atoms with Gasteiger partial charge in [-0.25, -0.2) is 4.98 Å². The molecule has 4 nitrogen and oxygen atoms in total. The lowest BCUT2D eigenvalue weighted by atomic mass is 10.2. The van der Waals surface area contributed by atoms with Crippen LogP contribution in [0.4, 0.5) is 0 Å². The summed E-state index contributed by atoms with van der Waals surface area (Å²) in [4.78, 5) is 8.92. The van der Waals surface area contributed by atoms with Crippen LogP contribution in [0.25, 0.3) is 11.0 Å². The molecule has 0 fully saturated rings. The molecule has 21 heavy (non-hydrogen) atoms. The Kier molecular flexibility index (Phi) is 3.97. The van der Waals surface area contributed by atoms with E-state index in [2.05, 4.69) is 53.0 Å². The van der Waals surface area contributed by atoms with Crippen molar-refractivity contribution in [2.75, 3.05) is 0 Å². The van der Waals surface area contributed by atoms with Gasteiger partial charge in [-0.3, -0.25) is 4.98 Å². The number of pyridine rings is 1. The van der Waals surface area contributed by atoms with Crippen LogP contribution in [-0.2, 0) is 13.1 Å². The molecule has 0 amide bonds. The van der Waals surface area contributed by atoms with Crippen molar-refractivity contribution in [3.05, 3.63) is 60.2 Å². The summed E-state index contributed by atoms with van der Waals surface area (Å²) in [6.45, 7) is 6.03. The second kappa shape index (κ2) is 6.06. The number of nitrogens with zero attached hydrogens (tertiary/aromatic N) is 3. The summed E-state index contributed by atoms with van der Waals surface area (Å²) in [7, 11) is 0. The highest BCUT2D eigenvalue weighted by Gasteiger charge is 2.14. The largest absolute Gasteiger partial charge is 0.327 e. The van der Waals surface area contributed by atoms with Gasteiger partial charge in [0, 0.05) is 25.5 Å². The monoisotopic (exact) mass is 280 g/mol. The lowest BCUT2D eigenvalue weighted by molar-refractivity contribution is 0.521. The van der Waals surface area contributed by atoms with Gasteiger partial charge < -0.3 is 9.88 Å². The van der Waals surface area contributed by atoms with Crippen molar-refractivity contribution in [1.29, 1.82) is 0 Å². The van der Waals surface area contributed by atoms with Crippen LogP contribution in [0.5, 0.6) is 0 Å². The number of benzene rings is 1. The van der Waals surface area contributed by atoms with E-state index in [4.69, 9.17) is 4.98 Å². The van der Waals surface area contributed by atoms with Crippen molar-refractivity contribution in [2.24, 2.45) is 0 Å². The van der Waals surface area contributed by atoms with Crippen molar-refractivity contribution >= 4 is 11.0 Å². The number of fused-ring (bicyclic) bond motifs is 1. The number of aryl methyl sites for hydroxylation is 1. The van der Waals surface area contributed by atoms with Gasteiger partial charge in [0.05, 0.1) is 17.1 Å². The Bertz CT molecular complexity index is 718. The van der Waals surface area contributed by atoms with Crippen molar-refractivity contribution < 1.29 is 0 Å². The van der Waals surface area contributed by atoms with E-state index in [0.717, 1.165) is 24.4 Å². The molecule has 1 N–H and O–H groups in total. The number of nitrogens with one attached hydrogen (secondary N) is 1. The van der Waals surface area contributed by atoms with E-state index in [1.54, 1.807) is 6.20 Å². The Hall–Kier alpha value is -2.20. The molecule has 0 aliphatic carbocycles. The predicted molar refractivity (Wildman–Crippen MR) is 84.9 cm³/mol. The van der Waals surface area contributed by atoms with Gasteiger partial charge in [0.1, 0.15) is 5.82 Å². The quantitative estimate of drug-likeness (QED) is 0.779. The molecule has 2 aromatic heterocycles. The van der Waals surface area contributed by atoms with E-state index in [9.17, 15) is 0 Å². The fourth-order valence-electron chi connectivity index (χ4n) is 2.62. The molecule has 4 heteroatoms.